The highest BCUT2D eigenvalue weighted by molar-refractivity contribution is 5.82. The maximum Gasteiger partial charge on any atom is 0.0963 e. The van der Waals surface area contributed by atoms with Gasteiger partial charge in [0.1, 0.15) is 0 Å². The van der Waals surface area contributed by atoms with Crippen molar-refractivity contribution in [3.63, 3.8) is 0 Å². The second-order valence-electron chi connectivity index (χ2n) is 5.79. The molecule has 0 saturated heterocycles. The van der Waals surface area contributed by atoms with E-state index in [1.54, 1.807) is 0 Å². The SMILES string of the molecule is CN(CCCC(C)(C)C(=N)N)C(C)(C)CO. The van der Waals surface area contributed by atoms with Gasteiger partial charge in [0.15, 0.2) is 0 Å². The minimum absolute atomic E-state index is 0.152. The predicted molar refractivity (Wildman–Crippen MR) is 68.7 cm³/mol. The molecule has 0 fully saturated rings. The van der Waals surface area contributed by atoms with E-state index in [1.165, 1.54) is 0 Å². The number of nitrogens with two attached hydrogens (primary N) is 1. The molecule has 0 saturated carbocycles. The first kappa shape index (κ1) is 15.4. The van der Waals surface area contributed by atoms with Crippen LogP contribution in [0.1, 0.15) is 40.5 Å². The quantitative estimate of drug-likeness (QED) is 0.457. The molecule has 4 nitrogen and oxygen atoms in total. The van der Waals surface area contributed by atoms with Crippen LogP contribution in [0.2, 0.25) is 0 Å². The van der Waals surface area contributed by atoms with Gasteiger partial charge in [-0.05, 0) is 40.3 Å². The number of likely N-dealkylation sites (N-methyl/N-ethyl adjacent to an activating group) is 1. The van der Waals surface area contributed by atoms with Gasteiger partial charge in [0.05, 0.1) is 12.4 Å². The van der Waals surface area contributed by atoms with Crippen LogP contribution >= 0.6 is 0 Å². The van der Waals surface area contributed by atoms with Gasteiger partial charge in [-0.15, -0.1) is 0 Å². The number of aliphatic hydroxyl groups excluding tert-OH is 1. The zero-order valence-electron chi connectivity index (χ0n) is 11.3. The summed E-state index contributed by atoms with van der Waals surface area (Å²) in [7, 11) is 2.01. The lowest BCUT2D eigenvalue weighted by Crippen LogP contribution is -2.45. The topological polar surface area (TPSA) is 73.3 Å². The van der Waals surface area contributed by atoms with Crippen LogP contribution in [-0.4, -0.2) is 41.6 Å². The van der Waals surface area contributed by atoms with E-state index in [0.717, 1.165) is 19.4 Å². The summed E-state index contributed by atoms with van der Waals surface area (Å²) in [5.74, 6) is 0.247. The molecule has 0 radical (unpaired) electrons. The van der Waals surface area contributed by atoms with Crippen molar-refractivity contribution in [2.75, 3.05) is 20.2 Å². The van der Waals surface area contributed by atoms with E-state index >= 15 is 0 Å². The lowest BCUT2D eigenvalue weighted by atomic mass is 9.86. The van der Waals surface area contributed by atoms with E-state index in [1.807, 2.05) is 34.7 Å². The molecule has 0 aliphatic heterocycles. The van der Waals surface area contributed by atoms with Crippen molar-refractivity contribution in [3.8, 4) is 0 Å². The molecule has 0 aromatic heterocycles. The summed E-state index contributed by atoms with van der Waals surface area (Å²) in [6.45, 7) is 9.08. The van der Waals surface area contributed by atoms with Crippen LogP contribution in [0.15, 0.2) is 0 Å². The third kappa shape index (κ3) is 4.49. The summed E-state index contributed by atoms with van der Waals surface area (Å²) in [6.07, 6.45) is 1.88. The predicted octanol–water partition coefficient (Wildman–Crippen LogP) is 1.43. The molecular weight excluding hydrogens is 202 g/mol. The second kappa shape index (κ2) is 5.64. The minimum Gasteiger partial charge on any atom is -0.394 e. The summed E-state index contributed by atoms with van der Waals surface area (Å²) in [5.41, 5.74) is 5.13. The molecule has 0 aromatic carbocycles. The molecule has 16 heavy (non-hydrogen) atoms. The average Bonchev–Trinajstić information content (AvgIpc) is 2.17. The van der Waals surface area contributed by atoms with Crippen molar-refractivity contribution in [2.45, 2.75) is 46.1 Å². The fraction of sp³-hybridized carbons (Fsp3) is 0.917. The monoisotopic (exact) mass is 229 g/mol. The number of aliphatic hydroxyl groups is 1. The fourth-order valence-corrected chi connectivity index (χ4v) is 1.32. The van der Waals surface area contributed by atoms with Gasteiger partial charge in [0, 0.05) is 11.0 Å². The highest BCUT2D eigenvalue weighted by atomic mass is 16.3. The van der Waals surface area contributed by atoms with Gasteiger partial charge < -0.3 is 10.8 Å². The van der Waals surface area contributed by atoms with Crippen molar-refractivity contribution in [2.24, 2.45) is 11.1 Å². The Morgan fingerprint density at radius 1 is 1.31 bits per heavy atom. The lowest BCUT2D eigenvalue weighted by Gasteiger charge is -2.34. The zero-order valence-corrected chi connectivity index (χ0v) is 11.3. The molecule has 0 atom stereocenters. The van der Waals surface area contributed by atoms with Crippen LogP contribution in [0.25, 0.3) is 0 Å². The number of hydrogen-bond acceptors (Lipinski definition) is 3. The Morgan fingerprint density at radius 3 is 2.19 bits per heavy atom. The van der Waals surface area contributed by atoms with E-state index < -0.39 is 0 Å². The van der Waals surface area contributed by atoms with E-state index in [4.69, 9.17) is 11.1 Å². The molecule has 0 aliphatic carbocycles. The Kier molecular flexibility index (Phi) is 5.42. The Balaban J connectivity index is 4.05. The zero-order chi connectivity index (χ0) is 13.0. The molecule has 4 N–H and O–H groups in total. The molecule has 0 heterocycles. The summed E-state index contributed by atoms with van der Waals surface area (Å²) in [6, 6.07) is 0. The van der Waals surface area contributed by atoms with Crippen LogP contribution in [0.5, 0.6) is 0 Å². The second-order valence-corrected chi connectivity index (χ2v) is 5.79. The Hall–Kier alpha value is -0.610. The van der Waals surface area contributed by atoms with Gasteiger partial charge in [-0.25, -0.2) is 0 Å². The third-order valence-corrected chi connectivity index (χ3v) is 3.44. The van der Waals surface area contributed by atoms with Gasteiger partial charge in [0.2, 0.25) is 0 Å². The number of rotatable bonds is 7. The average molecular weight is 229 g/mol. The van der Waals surface area contributed by atoms with Crippen molar-refractivity contribution in [3.05, 3.63) is 0 Å². The van der Waals surface area contributed by atoms with Crippen molar-refractivity contribution in [1.82, 2.24) is 4.90 Å². The van der Waals surface area contributed by atoms with E-state index in [0.29, 0.717) is 0 Å². The highest BCUT2D eigenvalue weighted by Gasteiger charge is 2.24. The van der Waals surface area contributed by atoms with E-state index in [-0.39, 0.29) is 23.4 Å². The maximum absolute atomic E-state index is 9.22. The van der Waals surface area contributed by atoms with Crippen LogP contribution in [0, 0.1) is 10.8 Å². The molecule has 0 unspecified atom stereocenters. The number of nitrogens with one attached hydrogen (secondary N) is 1. The number of hydrogen-bond donors (Lipinski definition) is 3. The highest BCUT2D eigenvalue weighted by Crippen LogP contribution is 2.22. The molecule has 0 amide bonds. The van der Waals surface area contributed by atoms with Crippen LogP contribution in [-0.2, 0) is 0 Å². The summed E-state index contributed by atoms with van der Waals surface area (Å²) < 4.78 is 0. The van der Waals surface area contributed by atoms with Gasteiger partial charge >= 0.3 is 0 Å². The van der Waals surface area contributed by atoms with Crippen molar-refractivity contribution in [1.29, 1.82) is 5.41 Å². The fourth-order valence-electron chi connectivity index (χ4n) is 1.32. The molecule has 4 heteroatoms. The van der Waals surface area contributed by atoms with Crippen LogP contribution in [0.4, 0.5) is 0 Å². The van der Waals surface area contributed by atoms with E-state index in [2.05, 4.69) is 4.90 Å². The standard InChI is InChI=1S/C12H27N3O/c1-11(2,10(13)14)7-6-8-15(5)12(3,4)9-16/h16H,6-9H2,1-5H3,(H3,13,14). The first-order valence-corrected chi connectivity index (χ1v) is 5.80. The summed E-state index contributed by atoms with van der Waals surface area (Å²) >= 11 is 0. The number of nitrogens with zero attached hydrogens (tertiary/aromatic N) is 1. The maximum atomic E-state index is 9.22. The Labute approximate surface area is 99.3 Å². The summed E-state index contributed by atoms with van der Waals surface area (Å²) in [4.78, 5) is 2.14. The largest absolute Gasteiger partial charge is 0.394 e. The molecular formula is C12H27N3O. The van der Waals surface area contributed by atoms with Gasteiger partial charge in [-0.2, -0.15) is 0 Å². The molecule has 0 bridgehead atoms. The normalized spacial score (nSPS) is 13.2. The van der Waals surface area contributed by atoms with E-state index in [9.17, 15) is 5.11 Å². The first-order valence-electron chi connectivity index (χ1n) is 5.80. The third-order valence-electron chi connectivity index (χ3n) is 3.44. The van der Waals surface area contributed by atoms with Gasteiger partial charge in [0.25, 0.3) is 0 Å². The Morgan fingerprint density at radius 2 is 1.81 bits per heavy atom. The minimum atomic E-state index is -0.218. The van der Waals surface area contributed by atoms with Crippen LogP contribution in [0.3, 0.4) is 0 Å². The Bertz CT molecular complexity index is 236. The summed E-state index contributed by atoms with van der Waals surface area (Å²) in [5, 5.41) is 16.7. The van der Waals surface area contributed by atoms with Gasteiger partial charge in [-0.1, -0.05) is 13.8 Å². The lowest BCUT2D eigenvalue weighted by molar-refractivity contribution is 0.0764. The van der Waals surface area contributed by atoms with Crippen molar-refractivity contribution < 1.29 is 5.11 Å². The molecule has 0 rings (SSSR count). The smallest absolute Gasteiger partial charge is 0.0963 e. The molecule has 0 aromatic rings. The molecule has 0 spiro atoms. The van der Waals surface area contributed by atoms with Crippen molar-refractivity contribution >= 4 is 5.84 Å². The first-order chi connectivity index (χ1) is 7.13. The molecule has 0 aliphatic rings. The van der Waals surface area contributed by atoms with Gasteiger partial charge in [-0.3, -0.25) is 10.3 Å². The molecule has 96 valence electrons. The number of amidine groups is 1. The van der Waals surface area contributed by atoms with Crippen LogP contribution < -0.4 is 5.73 Å².